The van der Waals surface area contributed by atoms with Crippen LogP contribution in [0.5, 0.6) is 0 Å². The van der Waals surface area contributed by atoms with Gasteiger partial charge in [0, 0.05) is 17.8 Å². The zero-order valence-electron chi connectivity index (χ0n) is 11.5. The van der Waals surface area contributed by atoms with Gasteiger partial charge in [-0.05, 0) is 18.4 Å². The summed E-state index contributed by atoms with van der Waals surface area (Å²) in [6.45, 7) is 5.74. The molecule has 2 aliphatic carbocycles. The van der Waals surface area contributed by atoms with Crippen LogP contribution in [0.15, 0.2) is 11.6 Å². The Morgan fingerprint density at radius 2 is 1.89 bits per heavy atom. The molecule has 0 aromatic heterocycles. The van der Waals surface area contributed by atoms with Crippen molar-refractivity contribution in [1.82, 2.24) is 0 Å². The number of carbonyl (C=O) groups is 2. The summed E-state index contributed by atoms with van der Waals surface area (Å²) in [5.41, 5.74) is 1.04. The van der Waals surface area contributed by atoms with Gasteiger partial charge in [0.2, 0.25) is 0 Å². The Balaban J connectivity index is 2.01. The molecule has 0 aromatic carbocycles. The van der Waals surface area contributed by atoms with E-state index < -0.39 is 6.10 Å². The predicted molar refractivity (Wildman–Crippen MR) is 68.1 cm³/mol. The third kappa shape index (κ3) is 1.69. The number of hydrogen-bond donors (Lipinski definition) is 1. The van der Waals surface area contributed by atoms with Crippen molar-refractivity contribution in [2.45, 2.75) is 39.4 Å². The van der Waals surface area contributed by atoms with E-state index >= 15 is 0 Å². The minimum atomic E-state index is -0.663. The number of esters is 1. The summed E-state index contributed by atoms with van der Waals surface area (Å²) in [7, 11) is 0. The van der Waals surface area contributed by atoms with Gasteiger partial charge in [0.15, 0.2) is 5.78 Å². The van der Waals surface area contributed by atoms with Gasteiger partial charge >= 0.3 is 5.97 Å². The molecule has 1 saturated heterocycles. The molecule has 104 valence electrons. The molecular formula is C15H20O4. The number of ketones is 1. The predicted octanol–water partition coefficient (Wildman–Crippen LogP) is 1.33. The van der Waals surface area contributed by atoms with Crippen LogP contribution >= 0.6 is 0 Å². The highest BCUT2D eigenvalue weighted by molar-refractivity contribution is 5.95. The summed E-state index contributed by atoms with van der Waals surface area (Å²) < 4.78 is 5.41. The van der Waals surface area contributed by atoms with E-state index in [4.69, 9.17) is 4.74 Å². The molecule has 1 aliphatic heterocycles. The Morgan fingerprint density at radius 1 is 1.21 bits per heavy atom. The smallest absolute Gasteiger partial charge is 0.309 e. The van der Waals surface area contributed by atoms with E-state index in [1.807, 2.05) is 13.8 Å². The SMILES string of the molecule is C[C@@H]1C(=O)C=C2[C@@H]1[C@@H](O)[C@H]1[C@@H](C[C@@H]2C)OC(=O)[C@@H]1C. The molecular weight excluding hydrogens is 244 g/mol. The summed E-state index contributed by atoms with van der Waals surface area (Å²) in [5.74, 6) is -0.730. The van der Waals surface area contributed by atoms with E-state index in [0.717, 1.165) is 5.57 Å². The molecule has 1 saturated carbocycles. The van der Waals surface area contributed by atoms with E-state index in [0.29, 0.717) is 6.42 Å². The molecule has 4 nitrogen and oxygen atoms in total. The van der Waals surface area contributed by atoms with E-state index in [1.54, 1.807) is 6.08 Å². The average Bonchev–Trinajstić information content (AvgIpc) is 2.75. The van der Waals surface area contributed by atoms with Gasteiger partial charge in [0.1, 0.15) is 6.10 Å². The first-order chi connectivity index (χ1) is 8.91. The minimum Gasteiger partial charge on any atom is -0.462 e. The van der Waals surface area contributed by atoms with E-state index in [1.165, 1.54) is 0 Å². The Labute approximate surface area is 112 Å². The first-order valence-electron chi connectivity index (χ1n) is 7.05. The lowest BCUT2D eigenvalue weighted by Crippen LogP contribution is -2.38. The average molecular weight is 264 g/mol. The summed E-state index contributed by atoms with van der Waals surface area (Å²) in [4.78, 5) is 23.6. The molecule has 19 heavy (non-hydrogen) atoms. The van der Waals surface area contributed by atoms with Gasteiger partial charge in [0.05, 0.1) is 12.0 Å². The quantitative estimate of drug-likeness (QED) is 0.670. The van der Waals surface area contributed by atoms with Gasteiger partial charge in [-0.2, -0.15) is 0 Å². The monoisotopic (exact) mass is 264 g/mol. The Bertz CT molecular complexity index is 467. The molecule has 0 aromatic rings. The largest absolute Gasteiger partial charge is 0.462 e. The highest BCUT2D eigenvalue weighted by atomic mass is 16.6. The van der Waals surface area contributed by atoms with Crippen LogP contribution in [0.3, 0.4) is 0 Å². The fourth-order valence-corrected chi connectivity index (χ4v) is 4.08. The maximum absolute atomic E-state index is 11.9. The van der Waals surface area contributed by atoms with Crippen molar-refractivity contribution >= 4 is 11.8 Å². The highest BCUT2D eigenvalue weighted by Crippen LogP contribution is 2.48. The second-order valence-corrected chi connectivity index (χ2v) is 6.33. The number of ether oxygens (including phenoxy) is 1. The molecule has 7 atom stereocenters. The van der Waals surface area contributed by atoms with E-state index in [-0.39, 0.29) is 47.4 Å². The standard InChI is InChI=1S/C15H20O4/c1-6-4-11-13(8(3)15(18)19-11)14(17)12-7(2)10(16)5-9(6)12/h5-8,11-14,17H,4H2,1-3H3/t6-,7+,8+,11+,12+,13+,14+/m0/s1. The third-order valence-electron chi connectivity index (χ3n) is 5.24. The zero-order valence-corrected chi connectivity index (χ0v) is 11.5. The van der Waals surface area contributed by atoms with Crippen molar-refractivity contribution in [3.8, 4) is 0 Å². The van der Waals surface area contributed by atoms with Crippen molar-refractivity contribution in [1.29, 1.82) is 0 Å². The number of carbonyl (C=O) groups excluding carboxylic acids is 2. The van der Waals surface area contributed by atoms with Gasteiger partial charge in [-0.1, -0.05) is 26.3 Å². The van der Waals surface area contributed by atoms with Crippen molar-refractivity contribution in [3.63, 3.8) is 0 Å². The lowest BCUT2D eigenvalue weighted by molar-refractivity contribution is -0.144. The Hall–Kier alpha value is -1.16. The number of fused-ring (bicyclic) bond motifs is 2. The number of rotatable bonds is 0. The molecule has 0 unspecified atom stereocenters. The molecule has 3 aliphatic rings. The van der Waals surface area contributed by atoms with Crippen molar-refractivity contribution in [2.24, 2.45) is 29.6 Å². The van der Waals surface area contributed by atoms with Crippen molar-refractivity contribution < 1.29 is 19.4 Å². The minimum absolute atomic E-state index is 0.0993. The summed E-state index contributed by atoms with van der Waals surface area (Å²) in [6, 6.07) is 0. The third-order valence-corrected chi connectivity index (χ3v) is 5.24. The van der Waals surface area contributed by atoms with Gasteiger partial charge < -0.3 is 9.84 Å². The van der Waals surface area contributed by atoms with Crippen LogP contribution in [0.4, 0.5) is 0 Å². The van der Waals surface area contributed by atoms with Crippen LogP contribution < -0.4 is 0 Å². The van der Waals surface area contributed by atoms with Crippen molar-refractivity contribution in [3.05, 3.63) is 11.6 Å². The van der Waals surface area contributed by atoms with Gasteiger partial charge in [0.25, 0.3) is 0 Å². The first kappa shape index (κ1) is 12.9. The number of aliphatic hydroxyl groups excluding tert-OH is 1. The van der Waals surface area contributed by atoms with Crippen LogP contribution in [0, 0.1) is 29.6 Å². The maximum Gasteiger partial charge on any atom is 0.309 e. The van der Waals surface area contributed by atoms with Crippen LogP contribution in [-0.4, -0.2) is 29.1 Å². The lowest BCUT2D eigenvalue weighted by Gasteiger charge is -2.29. The molecule has 0 radical (unpaired) electrons. The van der Waals surface area contributed by atoms with Crippen LogP contribution in [-0.2, 0) is 14.3 Å². The normalized spacial score (nSPS) is 49.3. The van der Waals surface area contributed by atoms with Gasteiger partial charge in [-0.3, -0.25) is 9.59 Å². The van der Waals surface area contributed by atoms with Crippen molar-refractivity contribution in [2.75, 3.05) is 0 Å². The molecule has 0 bridgehead atoms. The highest BCUT2D eigenvalue weighted by Gasteiger charge is 2.54. The molecule has 0 amide bonds. The molecule has 2 fully saturated rings. The molecule has 4 heteroatoms. The lowest BCUT2D eigenvalue weighted by atomic mass is 9.77. The fraction of sp³-hybridized carbons (Fsp3) is 0.733. The summed E-state index contributed by atoms with van der Waals surface area (Å²) in [5, 5.41) is 10.7. The zero-order chi connectivity index (χ0) is 13.9. The Morgan fingerprint density at radius 3 is 2.58 bits per heavy atom. The fourth-order valence-electron chi connectivity index (χ4n) is 4.08. The summed E-state index contributed by atoms with van der Waals surface area (Å²) in [6.07, 6.45) is 1.54. The molecule has 0 spiro atoms. The second kappa shape index (κ2) is 4.17. The van der Waals surface area contributed by atoms with Crippen LogP contribution in [0.25, 0.3) is 0 Å². The van der Waals surface area contributed by atoms with Gasteiger partial charge in [-0.25, -0.2) is 0 Å². The van der Waals surface area contributed by atoms with Crippen LogP contribution in [0.2, 0.25) is 0 Å². The van der Waals surface area contributed by atoms with Crippen LogP contribution in [0.1, 0.15) is 27.2 Å². The second-order valence-electron chi connectivity index (χ2n) is 6.33. The molecule has 1 N–H and O–H groups in total. The van der Waals surface area contributed by atoms with E-state index in [9.17, 15) is 14.7 Å². The number of allylic oxidation sites excluding steroid dienone is 1. The first-order valence-corrected chi connectivity index (χ1v) is 7.05. The van der Waals surface area contributed by atoms with E-state index in [2.05, 4.69) is 6.92 Å². The summed E-state index contributed by atoms with van der Waals surface area (Å²) >= 11 is 0. The Kier molecular flexibility index (Phi) is 2.82. The molecule has 3 rings (SSSR count). The number of aliphatic hydroxyl groups is 1. The maximum atomic E-state index is 11.9. The molecule has 1 heterocycles. The number of hydrogen-bond acceptors (Lipinski definition) is 4. The topological polar surface area (TPSA) is 63.6 Å². The van der Waals surface area contributed by atoms with Gasteiger partial charge in [-0.15, -0.1) is 0 Å².